The SMILES string of the molecule is CC(C)(C)p1p(-p2p(C(C)(C)C)p2C(C)(C)C)p1C(C)(C)C. The lowest BCUT2D eigenvalue weighted by Gasteiger charge is -2.17. The van der Waals surface area contributed by atoms with Crippen LogP contribution in [0.15, 0.2) is 0 Å². The Hall–Kier alpha value is 1.80. The highest BCUT2D eigenvalue weighted by molar-refractivity contribution is 9.07. The molecule has 0 saturated carbocycles. The van der Waals surface area contributed by atoms with Gasteiger partial charge in [0.15, 0.2) is 0 Å². The highest BCUT2D eigenvalue weighted by Gasteiger charge is 2.47. The molecule has 4 atom stereocenters. The van der Waals surface area contributed by atoms with Crippen molar-refractivity contribution in [2.75, 3.05) is 0 Å². The van der Waals surface area contributed by atoms with Crippen LogP contribution in [-0.2, 0) is 20.6 Å². The number of rotatable bonds is 1. The third kappa shape index (κ3) is 3.80. The summed E-state index contributed by atoms with van der Waals surface area (Å²) in [6.07, 6.45) is 0. The first kappa shape index (κ1) is 20.1. The molecule has 130 valence electrons. The van der Waals surface area contributed by atoms with Crippen molar-refractivity contribution < 1.29 is 0 Å². The molecule has 6 heteroatoms. The van der Waals surface area contributed by atoms with E-state index in [0.717, 1.165) is 0 Å². The Morgan fingerprint density at radius 2 is 0.455 bits per heavy atom. The van der Waals surface area contributed by atoms with Crippen LogP contribution in [0.2, 0.25) is 0 Å². The van der Waals surface area contributed by atoms with Crippen molar-refractivity contribution in [2.45, 2.75) is 104 Å². The van der Waals surface area contributed by atoms with Gasteiger partial charge in [0.25, 0.3) is 0 Å². The Labute approximate surface area is 144 Å². The Bertz CT molecular complexity index is 523. The molecule has 0 amide bonds. The molecule has 22 heavy (non-hydrogen) atoms. The van der Waals surface area contributed by atoms with E-state index in [-0.39, 0.29) is 0 Å². The van der Waals surface area contributed by atoms with Crippen molar-refractivity contribution in [1.29, 1.82) is 0 Å². The number of hydrogen-bond acceptors (Lipinski definition) is 0. The van der Waals surface area contributed by atoms with Gasteiger partial charge >= 0.3 is 0 Å². The first-order chi connectivity index (χ1) is 9.49. The lowest BCUT2D eigenvalue weighted by atomic mass is 10.3. The smallest absolute Gasteiger partial charge is 0.00837 e. The molecular weight excluding hydrogens is 378 g/mol. The lowest BCUT2D eigenvalue weighted by molar-refractivity contribution is 0.715. The first-order valence-electron chi connectivity index (χ1n) is 8.29. The second-order valence-electron chi connectivity index (χ2n) is 10.4. The minimum atomic E-state index is 0.360. The van der Waals surface area contributed by atoms with Gasteiger partial charge in [-0.05, 0) is 13.2 Å². The van der Waals surface area contributed by atoms with Gasteiger partial charge in [-0.25, -0.2) is 0 Å². The summed E-state index contributed by atoms with van der Waals surface area (Å²) in [6, 6.07) is 0. The molecule has 2 heterocycles. The monoisotopic (exact) mass is 414 g/mol. The van der Waals surface area contributed by atoms with Crippen LogP contribution in [0.1, 0.15) is 83.1 Å². The van der Waals surface area contributed by atoms with Crippen molar-refractivity contribution in [3.8, 4) is 0 Å². The Morgan fingerprint density at radius 1 is 0.318 bits per heavy atom. The molecule has 0 aliphatic heterocycles. The van der Waals surface area contributed by atoms with E-state index in [2.05, 4.69) is 83.1 Å². The van der Waals surface area contributed by atoms with Crippen LogP contribution < -0.4 is 0 Å². The van der Waals surface area contributed by atoms with Gasteiger partial charge in [0.1, 0.15) is 0 Å². The maximum atomic E-state index is 2.56. The van der Waals surface area contributed by atoms with Crippen LogP contribution in [0.3, 0.4) is 0 Å². The van der Waals surface area contributed by atoms with Gasteiger partial charge in [-0.2, -0.15) is 0 Å². The molecule has 0 N–H and O–H groups in total. The normalized spacial score (nSPS) is 20.2. The molecule has 2 aromatic rings. The summed E-state index contributed by atoms with van der Waals surface area (Å²) in [5, 5.41) is 2.46. The first-order valence-corrected chi connectivity index (χ1v) is 21.3. The molecule has 0 aliphatic rings. The van der Waals surface area contributed by atoms with E-state index in [4.69, 9.17) is 0 Å². The van der Waals surface area contributed by atoms with Gasteiger partial charge in [-0.1, -0.05) is 111 Å². The summed E-state index contributed by atoms with van der Waals surface area (Å²) >= 11 is 0. The molecule has 0 aromatic carbocycles. The summed E-state index contributed by atoms with van der Waals surface area (Å²) < 4.78 is 0. The summed E-state index contributed by atoms with van der Waals surface area (Å²) in [6.45, 7) is 33.0. The summed E-state index contributed by atoms with van der Waals surface area (Å²) in [5.74, 6) is 0. The molecular formula is C16H36P6. The minimum absolute atomic E-state index is 0.360. The average molecular weight is 414 g/mol. The zero-order chi connectivity index (χ0) is 17.5. The third-order valence-corrected chi connectivity index (χ3v) is 67.7. The Kier molecular flexibility index (Phi) is 5.16. The van der Waals surface area contributed by atoms with Crippen LogP contribution in [0.5, 0.6) is 0 Å². The third-order valence-electron chi connectivity index (χ3n) is 3.54. The molecule has 2 rings (SSSR count). The fourth-order valence-electron chi connectivity index (χ4n) is 2.75. The van der Waals surface area contributed by atoms with Crippen LogP contribution in [0, 0.1) is 0 Å². The van der Waals surface area contributed by atoms with Crippen LogP contribution in [0.4, 0.5) is 0 Å². The second kappa shape index (κ2) is 5.65. The fraction of sp³-hybridized carbons (Fsp3) is 1.00. The van der Waals surface area contributed by atoms with Gasteiger partial charge < -0.3 is 0 Å². The zero-order valence-corrected chi connectivity index (χ0v) is 22.0. The van der Waals surface area contributed by atoms with Gasteiger partial charge in [-0.15, -0.1) is 0 Å². The van der Waals surface area contributed by atoms with E-state index in [1.807, 2.05) is 0 Å². The molecule has 0 nitrogen and oxygen atoms in total. The maximum Gasteiger partial charge on any atom is 0.00837 e. The largest absolute Gasteiger partial charge is 0.0608 e. The van der Waals surface area contributed by atoms with Crippen molar-refractivity contribution in [1.82, 2.24) is 0 Å². The molecule has 0 bridgehead atoms. The summed E-state index contributed by atoms with van der Waals surface area (Å²) in [4.78, 5) is 0. The van der Waals surface area contributed by atoms with Crippen LogP contribution in [0.25, 0.3) is 0 Å². The molecule has 0 fully saturated rings. The van der Waals surface area contributed by atoms with Crippen LogP contribution >= 0.6 is 40.7 Å². The predicted octanol–water partition coefficient (Wildman–Crippen LogP) is 10.9. The quantitative estimate of drug-likeness (QED) is 0.435. The van der Waals surface area contributed by atoms with E-state index in [1.54, 1.807) is 0 Å². The molecule has 0 radical (unpaired) electrons. The average Bonchev–Trinajstić information content (AvgIpc) is 3.03. The standard InChI is InChI=1S/C16H36P6/c1-13(2,3)17-18(14(4,5)6)21(17)22-19(15(7,8)9)20(22)16(10,11)12/h1-12H3. The van der Waals surface area contributed by atoms with Crippen molar-refractivity contribution in [3.63, 3.8) is 0 Å². The van der Waals surface area contributed by atoms with Crippen molar-refractivity contribution in [3.05, 3.63) is 0 Å². The molecule has 0 spiro atoms. The topological polar surface area (TPSA) is 0 Å². The van der Waals surface area contributed by atoms with Crippen molar-refractivity contribution >= 4 is 40.7 Å². The van der Waals surface area contributed by atoms with Crippen molar-refractivity contribution in [2.24, 2.45) is 0 Å². The van der Waals surface area contributed by atoms with Gasteiger partial charge in [-0.3, -0.25) is 0 Å². The summed E-state index contributed by atoms with van der Waals surface area (Å²) in [5.41, 5.74) is 0. The highest BCUT2D eigenvalue weighted by atomic mass is 33.1. The Morgan fingerprint density at radius 3 is 0.545 bits per heavy atom. The highest BCUT2D eigenvalue weighted by Crippen LogP contribution is 3.16. The molecule has 4 unspecified atom stereocenters. The van der Waals surface area contributed by atoms with E-state index >= 15 is 0 Å². The zero-order valence-electron chi connectivity index (χ0n) is 16.7. The summed E-state index contributed by atoms with van der Waals surface area (Å²) in [7, 11) is 0. The predicted molar refractivity (Wildman–Crippen MR) is 120 cm³/mol. The fourth-order valence-corrected chi connectivity index (χ4v) is 119. The van der Waals surface area contributed by atoms with Gasteiger partial charge in [0, 0.05) is 20.6 Å². The van der Waals surface area contributed by atoms with E-state index in [1.165, 1.54) is 0 Å². The Balaban J connectivity index is 2.60. The van der Waals surface area contributed by atoms with E-state index < -0.39 is 0 Å². The second-order valence-corrected chi connectivity index (χ2v) is 45.4. The van der Waals surface area contributed by atoms with Crippen LogP contribution in [-0.4, -0.2) is 0 Å². The molecule has 0 saturated heterocycles. The minimum Gasteiger partial charge on any atom is -0.0608 e. The molecule has 2 aromatic heterocycles. The van der Waals surface area contributed by atoms with E-state index in [9.17, 15) is 0 Å². The maximum absolute atomic E-state index is 2.56. The number of hydrogen-bond donors (Lipinski definition) is 0. The van der Waals surface area contributed by atoms with E-state index in [0.29, 0.717) is 61.3 Å². The van der Waals surface area contributed by atoms with Gasteiger partial charge in [0.05, 0.1) is 0 Å². The van der Waals surface area contributed by atoms with Gasteiger partial charge in [0.2, 0.25) is 0 Å². The lowest BCUT2D eigenvalue weighted by Crippen LogP contribution is -1.99. The molecule has 0 aliphatic carbocycles.